The van der Waals surface area contributed by atoms with Gasteiger partial charge in [0.15, 0.2) is 0 Å². The van der Waals surface area contributed by atoms with Crippen molar-refractivity contribution in [2.75, 3.05) is 6.66 Å². The molecule has 0 aliphatic carbocycles. The van der Waals surface area contributed by atoms with E-state index in [4.69, 9.17) is 9.26 Å². The van der Waals surface area contributed by atoms with Gasteiger partial charge in [0, 0.05) is 16.4 Å². The summed E-state index contributed by atoms with van der Waals surface area (Å²) in [5, 5.41) is 1.62. The van der Waals surface area contributed by atoms with E-state index in [0.29, 0.717) is 18.5 Å². The SMILES string of the molecule is C[PH](=O)c1ccccc1-c1ccccc1OCc1ccc(CP2(=O)Oc3ccccc3-c3ccccc32)cc1. The summed E-state index contributed by atoms with van der Waals surface area (Å²) < 4.78 is 39.0. The second-order valence-electron chi connectivity index (χ2n) is 9.64. The Morgan fingerprint density at radius 1 is 0.667 bits per heavy atom. The van der Waals surface area contributed by atoms with Crippen molar-refractivity contribution >= 4 is 25.8 Å². The predicted octanol–water partition coefficient (Wildman–Crippen LogP) is 7.91. The van der Waals surface area contributed by atoms with Gasteiger partial charge < -0.3 is 13.8 Å². The molecule has 1 aliphatic heterocycles. The summed E-state index contributed by atoms with van der Waals surface area (Å²) in [5.74, 6) is 1.41. The largest absolute Gasteiger partial charge is 0.488 e. The van der Waals surface area contributed by atoms with Gasteiger partial charge in [-0.15, -0.1) is 0 Å². The molecule has 0 radical (unpaired) electrons. The average Bonchev–Trinajstić information content (AvgIpc) is 2.97. The molecule has 0 spiro atoms. The minimum Gasteiger partial charge on any atom is -0.488 e. The molecular weight excluding hydrogens is 522 g/mol. The molecule has 0 bridgehead atoms. The molecule has 5 aromatic carbocycles. The van der Waals surface area contributed by atoms with Gasteiger partial charge in [0.2, 0.25) is 0 Å². The van der Waals surface area contributed by atoms with Crippen LogP contribution in [0, 0.1) is 0 Å². The standard InChI is InChI=1S/C33H28O4P2/c1-38(34)32-16-8-4-12-28(32)26-10-2-6-14-30(26)36-22-24-18-20-25(21-19-24)23-39(35)33-17-9-5-13-29(33)27-11-3-7-15-31(27)37-39/h2-21,38H,22-23H2,1H3. The fourth-order valence-electron chi connectivity index (χ4n) is 5.08. The van der Waals surface area contributed by atoms with Crippen molar-refractivity contribution in [2.45, 2.75) is 12.8 Å². The molecule has 6 rings (SSSR count). The van der Waals surface area contributed by atoms with Crippen LogP contribution in [0.2, 0.25) is 0 Å². The fourth-order valence-corrected chi connectivity index (χ4v) is 8.38. The van der Waals surface area contributed by atoms with Crippen LogP contribution in [0.3, 0.4) is 0 Å². The van der Waals surface area contributed by atoms with E-state index in [1.54, 1.807) is 6.66 Å². The summed E-state index contributed by atoms with van der Waals surface area (Å²) in [5.41, 5.74) is 5.76. The van der Waals surface area contributed by atoms with Crippen molar-refractivity contribution in [1.82, 2.24) is 0 Å². The maximum atomic E-state index is 14.2. The van der Waals surface area contributed by atoms with E-state index < -0.39 is 15.2 Å². The van der Waals surface area contributed by atoms with Crippen molar-refractivity contribution in [1.29, 1.82) is 0 Å². The minimum atomic E-state index is -3.14. The van der Waals surface area contributed by atoms with Crippen LogP contribution in [-0.4, -0.2) is 6.66 Å². The number of benzene rings is 5. The van der Waals surface area contributed by atoms with Gasteiger partial charge in [-0.05, 0) is 47.1 Å². The van der Waals surface area contributed by atoms with E-state index >= 15 is 0 Å². The maximum absolute atomic E-state index is 14.2. The first-order valence-electron chi connectivity index (χ1n) is 12.9. The minimum absolute atomic E-state index is 0.315. The van der Waals surface area contributed by atoms with Crippen LogP contribution in [0.1, 0.15) is 11.1 Å². The molecule has 39 heavy (non-hydrogen) atoms. The van der Waals surface area contributed by atoms with Crippen LogP contribution >= 0.6 is 15.2 Å². The molecule has 1 heterocycles. The number of hydrogen-bond acceptors (Lipinski definition) is 4. The first-order chi connectivity index (χ1) is 19.0. The van der Waals surface area contributed by atoms with E-state index in [2.05, 4.69) is 0 Å². The number of rotatable bonds is 7. The highest BCUT2D eigenvalue weighted by Gasteiger charge is 2.35. The van der Waals surface area contributed by atoms with E-state index in [1.165, 1.54) is 0 Å². The van der Waals surface area contributed by atoms with Crippen molar-refractivity contribution in [3.63, 3.8) is 0 Å². The molecule has 0 saturated heterocycles. The molecule has 5 aromatic rings. The first-order valence-corrected chi connectivity index (χ1v) is 16.6. The summed E-state index contributed by atoms with van der Waals surface area (Å²) in [6.45, 7) is 2.14. The van der Waals surface area contributed by atoms with Gasteiger partial charge in [0.05, 0.1) is 11.5 Å². The van der Waals surface area contributed by atoms with Gasteiger partial charge in [0.1, 0.15) is 25.9 Å². The van der Waals surface area contributed by atoms with Gasteiger partial charge in [-0.2, -0.15) is 0 Å². The Morgan fingerprint density at radius 3 is 2.03 bits per heavy atom. The lowest BCUT2D eigenvalue weighted by atomic mass is 10.0. The zero-order valence-corrected chi connectivity index (χ0v) is 23.4. The highest BCUT2D eigenvalue weighted by molar-refractivity contribution is 7.67. The zero-order valence-electron chi connectivity index (χ0n) is 21.5. The second kappa shape index (κ2) is 10.7. The van der Waals surface area contributed by atoms with Gasteiger partial charge >= 0.3 is 0 Å². The van der Waals surface area contributed by atoms with Gasteiger partial charge in [-0.1, -0.05) is 103 Å². The quantitative estimate of drug-likeness (QED) is 0.193. The molecule has 0 aromatic heterocycles. The molecule has 0 N–H and O–H groups in total. The van der Waals surface area contributed by atoms with Gasteiger partial charge in [0.25, 0.3) is 7.37 Å². The Labute approximate surface area is 229 Å². The third-order valence-corrected chi connectivity index (χ3v) is 10.6. The van der Waals surface area contributed by atoms with Crippen molar-refractivity contribution in [3.05, 3.63) is 132 Å². The number of para-hydroxylation sites is 2. The molecule has 6 heteroatoms. The average molecular weight is 551 g/mol. The Kier molecular flexibility index (Phi) is 7.00. The number of ether oxygens (including phenoxy) is 1. The second-order valence-corrected chi connectivity index (χ2v) is 13.6. The highest BCUT2D eigenvalue weighted by atomic mass is 31.2. The topological polar surface area (TPSA) is 52.6 Å². The Morgan fingerprint density at radius 2 is 1.26 bits per heavy atom. The van der Waals surface area contributed by atoms with Crippen LogP contribution in [-0.2, 0) is 21.9 Å². The lowest BCUT2D eigenvalue weighted by molar-refractivity contribution is 0.307. The Balaban J connectivity index is 1.21. The molecule has 0 amide bonds. The lowest BCUT2D eigenvalue weighted by Crippen LogP contribution is -2.18. The van der Waals surface area contributed by atoms with Crippen LogP contribution < -0.4 is 19.9 Å². The van der Waals surface area contributed by atoms with Crippen LogP contribution in [0.5, 0.6) is 11.5 Å². The Hall–Kier alpha value is -3.84. The normalized spacial score (nSPS) is 16.4. The molecule has 1 aliphatic rings. The summed E-state index contributed by atoms with van der Waals surface area (Å²) in [7, 11) is -5.01. The highest BCUT2D eigenvalue weighted by Crippen LogP contribution is 2.56. The summed E-state index contributed by atoms with van der Waals surface area (Å²) in [6, 6.07) is 39.2. The summed E-state index contributed by atoms with van der Waals surface area (Å²) in [4.78, 5) is 0. The number of fused-ring (bicyclic) bond motifs is 3. The smallest absolute Gasteiger partial charge is 0.282 e. The molecule has 0 fully saturated rings. The molecule has 4 nitrogen and oxygen atoms in total. The molecule has 194 valence electrons. The summed E-state index contributed by atoms with van der Waals surface area (Å²) in [6.07, 6.45) is 0.315. The van der Waals surface area contributed by atoms with Crippen LogP contribution in [0.15, 0.2) is 121 Å². The molecule has 2 atom stereocenters. The van der Waals surface area contributed by atoms with E-state index in [1.807, 2.05) is 121 Å². The molecular formula is C33H28O4P2. The van der Waals surface area contributed by atoms with E-state index in [0.717, 1.165) is 49.7 Å². The third-order valence-electron chi connectivity index (χ3n) is 6.99. The van der Waals surface area contributed by atoms with Crippen molar-refractivity contribution in [3.8, 4) is 33.8 Å². The zero-order chi connectivity index (χ0) is 26.8. The van der Waals surface area contributed by atoms with Crippen molar-refractivity contribution < 1.29 is 18.4 Å². The number of hydrogen-bond donors (Lipinski definition) is 0. The summed E-state index contributed by atoms with van der Waals surface area (Å²) >= 11 is 0. The third kappa shape index (κ3) is 5.11. The molecule has 2 unspecified atom stereocenters. The Bertz CT molecular complexity index is 1730. The molecule has 0 saturated carbocycles. The van der Waals surface area contributed by atoms with Gasteiger partial charge in [-0.25, -0.2) is 0 Å². The van der Waals surface area contributed by atoms with Crippen LogP contribution in [0.4, 0.5) is 0 Å². The van der Waals surface area contributed by atoms with E-state index in [9.17, 15) is 9.13 Å². The predicted molar refractivity (Wildman–Crippen MR) is 161 cm³/mol. The van der Waals surface area contributed by atoms with Gasteiger partial charge in [-0.3, -0.25) is 4.57 Å². The van der Waals surface area contributed by atoms with E-state index in [-0.39, 0.29) is 0 Å². The lowest BCUT2D eigenvalue weighted by Gasteiger charge is -2.28. The first kappa shape index (κ1) is 25.4. The van der Waals surface area contributed by atoms with Crippen LogP contribution in [0.25, 0.3) is 22.3 Å². The fraction of sp³-hybridized carbons (Fsp3) is 0.0909. The van der Waals surface area contributed by atoms with Crippen molar-refractivity contribution in [2.24, 2.45) is 0 Å². The monoisotopic (exact) mass is 550 g/mol. The maximum Gasteiger partial charge on any atom is 0.282 e.